The molecule has 0 aromatic rings. The molecule has 2 rings (SSSR count). The van der Waals surface area contributed by atoms with Crippen molar-refractivity contribution in [2.75, 3.05) is 14.2 Å². The first-order chi connectivity index (χ1) is 7.69. The molecule has 2 heterocycles. The molecule has 88 valence electrons. The summed E-state index contributed by atoms with van der Waals surface area (Å²) in [6, 6.07) is -0.538. The maximum Gasteiger partial charge on any atom is 0.328 e. The highest BCUT2D eigenvalue weighted by Crippen LogP contribution is 2.32. The Morgan fingerprint density at radius 2 is 2.25 bits per heavy atom. The Hall–Kier alpha value is -1.36. The van der Waals surface area contributed by atoms with E-state index in [1.807, 2.05) is 6.08 Å². The van der Waals surface area contributed by atoms with Crippen LogP contribution in [0.25, 0.3) is 0 Å². The van der Waals surface area contributed by atoms with E-state index in [9.17, 15) is 9.59 Å². The van der Waals surface area contributed by atoms with Crippen LogP contribution in [0.3, 0.4) is 0 Å². The van der Waals surface area contributed by atoms with E-state index in [4.69, 9.17) is 9.47 Å². The van der Waals surface area contributed by atoms with Crippen LogP contribution in [0.15, 0.2) is 12.2 Å². The number of nitrogens with zero attached hydrogens (tertiary/aromatic N) is 1. The summed E-state index contributed by atoms with van der Waals surface area (Å²) in [4.78, 5) is 24.9. The maximum absolute atomic E-state index is 11.7. The average molecular weight is 225 g/mol. The second-order valence-electron chi connectivity index (χ2n) is 4.00. The standard InChI is InChI=1S/C11H15NO4/c1-15-9-6-8(11(14)16-2)12-7(9)4-3-5-10(12)13/h3,5,7-9H,4,6H2,1-2H3/t7?,8-,9+/m0/s1. The fraction of sp³-hybridized carbons (Fsp3) is 0.636. The number of fused-ring (bicyclic) bond motifs is 1. The summed E-state index contributed by atoms with van der Waals surface area (Å²) in [5, 5.41) is 0. The van der Waals surface area contributed by atoms with Crippen LogP contribution in [0.1, 0.15) is 12.8 Å². The smallest absolute Gasteiger partial charge is 0.328 e. The van der Waals surface area contributed by atoms with Gasteiger partial charge in [-0.1, -0.05) is 6.08 Å². The number of hydrogen-bond donors (Lipinski definition) is 0. The fourth-order valence-electron chi connectivity index (χ4n) is 2.48. The van der Waals surface area contributed by atoms with E-state index in [-0.39, 0.29) is 24.0 Å². The van der Waals surface area contributed by atoms with Gasteiger partial charge in [0.15, 0.2) is 0 Å². The van der Waals surface area contributed by atoms with Gasteiger partial charge in [0, 0.05) is 13.5 Å². The van der Waals surface area contributed by atoms with E-state index >= 15 is 0 Å². The molecule has 1 fully saturated rings. The Morgan fingerprint density at radius 3 is 2.88 bits per heavy atom. The van der Waals surface area contributed by atoms with Crippen molar-refractivity contribution in [1.82, 2.24) is 4.90 Å². The van der Waals surface area contributed by atoms with Gasteiger partial charge in [0.2, 0.25) is 5.91 Å². The molecule has 5 nitrogen and oxygen atoms in total. The van der Waals surface area contributed by atoms with E-state index in [1.54, 1.807) is 12.0 Å². The number of rotatable bonds is 2. The molecular formula is C11H15NO4. The lowest BCUT2D eigenvalue weighted by Gasteiger charge is -2.31. The van der Waals surface area contributed by atoms with Crippen molar-refractivity contribution in [3.63, 3.8) is 0 Å². The van der Waals surface area contributed by atoms with Gasteiger partial charge in [-0.05, 0) is 12.5 Å². The molecule has 0 spiro atoms. The van der Waals surface area contributed by atoms with Crippen LogP contribution in [-0.4, -0.2) is 49.2 Å². The zero-order valence-electron chi connectivity index (χ0n) is 9.38. The van der Waals surface area contributed by atoms with Crippen molar-refractivity contribution in [2.24, 2.45) is 0 Å². The summed E-state index contributed by atoms with van der Waals surface area (Å²) in [7, 11) is 2.94. The van der Waals surface area contributed by atoms with E-state index in [0.717, 1.165) is 6.42 Å². The molecule has 3 atom stereocenters. The largest absolute Gasteiger partial charge is 0.467 e. The van der Waals surface area contributed by atoms with Gasteiger partial charge in [-0.15, -0.1) is 0 Å². The van der Waals surface area contributed by atoms with E-state index in [2.05, 4.69) is 0 Å². The predicted molar refractivity (Wildman–Crippen MR) is 55.6 cm³/mol. The summed E-state index contributed by atoms with van der Waals surface area (Å²) in [6.07, 6.45) is 4.50. The minimum atomic E-state index is -0.502. The first-order valence-electron chi connectivity index (χ1n) is 5.28. The Labute approximate surface area is 94.0 Å². The number of methoxy groups -OCH3 is 2. The van der Waals surface area contributed by atoms with E-state index in [0.29, 0.717) is 6.42 Å². The number of esters is 1. The van der Waals surface area contributed by atoms with E-state index < -0.39 is 6.04 Å². The molecule has 2 aliphatic heterocycles. The van der Waals surface area contributed by atoms with Crippen LogP contribution in [0, 0.1) is 0 Å². The first kappa shape index (κ1) is 11.1. The van der Waals surface area contributed by atoms with Crippen molar-refractivity contribution < 1.29 is 19.1 Å². The zero-order chi connectivity index (χ0) is 11.7. The van der Waals surface area contributed by atoms with Crippen LogP contribution in [0.4, 0.5) is 0 Å². The summed E-state index contributed by atoms with van der Waals surface area (Å²) in [5.74, 6) is -0.501. The minimum Gasteiger partial charge on any atom is -0.467 e. The summed E-state index contributed by atoms with van der Waals surface area (Å²) in [6.45, 7) is 0. The highest BCUT2D eigenvalue weighted by Gasteiger charge is 2.47. The number of carbonyl (C=O) groups is 2. The summed E-state index contributed by atoms with van der Waals surface area (Å²) in [5.41, 5.74) is 0. The maximum atomic E-state index is 11.7. The molecule has 0 N–H and O–H groups in total. The average Bonchev–Trinajstić information content (AvgIpc) is 2.68. The predicted octanol–water partition coefficient (Wildman–Crippen LogP) is 0.104. The molecule has 1 amide bonds. The van der Waals surface area contributed by atoms with Crippen LogP contribution in [-0.2, 0) is 19.1 Å². The quantitative estimate of drug-likeness (QED) is 0.626. The normalized spacial score (nSPS) is 32.8. The Morgan fingerprint density at radius 1 is 1.50 bits per heavy atom. The number of hydrogen-bond acceptors (Lipinski definition) is 4. The van der Waals surface area contributed by atoms with Gasteiger partial charge in [0.05, 0.1) is 19.3 Å². The molecule has 0 aliphatic carbocycles. The van der Waals surface area contributed by atoms with Crippen LogP contribution in [0.5, 0.6) is 0 Å². The zero-order valence-corrected chi connectivity index (χ0v) is 9.38. The third-order valence-electron chi connectivity index (χ3n) is 3.25. The molecule has 2 aliphatic rings. The van der Waals surface area contributed by atoms with Crippen LogP contribution >= 0.6 is 0 Å². The van der Waals surface area contributed by atoms with Crippen molar-refractivity contribution >= 4 is 11.9 Å². The molecule has 1 unspecified atom stereocenters. The van der Waals surface area contributed by atoms with Gasteiger partial charge in [-0.25, -0.2) is 4.79 Å². The molecule has 16 heavy (non-hydrogen) atoms. The van der Waals surface area contributed by atoms with Gasteiger partial charge in [0.25, 0.3) is 0 Å². The number of carbonyl (C=O) groups excluding carboxylic acids is 2. The number of ether oxygens (including phenoxy) is 2. The van der Waals surface area contributed by atoms with Gasteiger partial charge in [0.1, 0.15) is 6.04 Å². The molecule has 0 aromatic carbocycles. The second kappa shape index (κ2) is 4.25. The van der Waals surface area contributed by atoms with Crippen molar-refractivity contribution in [2.45, 2.75) is 31.0 Å². The van der Waals surface area contributed by atoms with E-state index in [1.165, 1.54) is 13.2 Å². The third-order valence-corrected chi connectivity index (χ3v) is 3.25. The lowest BCUT2D eigenvalue weighted by Crippen LogP contribution is -2.47. The molecule has 5 heteroatoms. The second-order valence-corrected chi connectivity index (χ2v) is 4.00. The Balaban J connectivity index is 2.26. The molecule has 0 saturated carbocycles. The third kappa shape index (κ3) is 1.61. The minimum absolute atomic E-state index is 0.0356. The van der Waals surface area contributed by atoms with Crippen LogP contribution < -0.4 is 0 Å². The molecule has 0 aromatic heterocycles. The first-order valence-corrected chi connectivity index (χ1v) is 5.28. The lowest BCUT2D eigenvalue weighted by molar-refractivity contribution is -0.150. The molecule has 0 bridgehead atoms. The van der Waals surface area contributed by atoms with Crippen molar-refractivity contribution in [3.8, 4) is 0 Å². The monoisotopic (exact) mass is 225 g/mol. The van der Waals surface area contributed by atoms with Gasteiger partial charge < -0.3 is 14.4 Å². The highest BCUT2D eigenvalue weighted by atomic mass is 16.5. The number of amides is 1. The van der Waals surface area contributed by atoms with Gasteiger partial charge in [-0.3, -0.25) is 4.79 Å². The topological polar surface area (TPSA) is 55.8 Å². The molecule has 0 radical (unpaired) electrons. The van der Waals surface area contributed by atoms with Crippen molar-refractivity contribution in [1.29, 1.82) is 0 Å². The molecular weight excluding hydrogens is 210 g/mol. The Bertz CT molecular complexity index is 339. The lowest BCUT2D eigenvalue weighted by atomic mass is 10.1. The molecule has 1 saturated heterocycles. The van der Waals surface area contributed by atoms with Crippen molar-refractivity contribution in [3.05, 3.63) is 12.2 Å². The highest BCUT2D eigenvalue weighted by molar-refractivity contribution is 5.93. The SMILES string of the molecule is COC(=O)[C@@H]1C[C@@H](OC)C2CC=CC(=O)N21. The van der Waals surface area contributed by atoms with Gasteiger partial charge in [-0.2, -0.15) is 0 Å². The summed E-state index contributed by atoms with van der Waals surface area (Å²) < 4.78 is 10.0. The van der Waals surface area contributed by atoms with Crippen LogP contribution in [0.2, 0.25) is 0 Å². The fourth-order valence-corrected chi connectivity index (χ4v) is 2.48. The summed E-state index contributed by atoms with van der Waals surface area (Å²) >= 11 is 0. The van der Waals surface area contributed by atoms with Gasteiger partial charge >= 0.3 is 5.97 Å². The Kier molecular flexibility index (Phi) is 2.96.